The maximum Gasteiger partial charge on any atom is 0.220 e. The van der Waals surface area contributed by atoms with Crippen LogP contribution in [0.4, 0.5) is 0 Å². The minimum atomic E-state index is 0.0825. The molecule has 0 bridgehead atoms. The highest BCUT2D eigenvalue weighted by atomic mass is 16.1. The fourth-order valence-corrected chi connectivity index (χ4v) is 1.83. The van der Waals surface area contributed by atoms with Gasteiger partial charge in [0.25, 0.3) is 0 Å². The van der Waals surface area contributed by atoms with Crippen molar-refractivity contribution in [1.29, 1.82) is 0 Å². The maximum absolute atomic E-state index is 11.6. The molecule has 0 radical (unpaired) electrons. The van der Waals surface area contributed by atoms with Crippen LogP contribution >= 0.6 is 0 Å². The molecule has 0 spiro atoms. The van der Waals surface area contributed by atoms with E-state index in [1.165, 1.54) is 0 Å². The Morgan fingerprint density at radius 1 is 1.31 bits per heavy atom. The standard InChI is InChI=1S/C12H25N3O/c1-12(2,3)10-11(16)14-6-9-15-7-4-13-5-8-15/h13H,4-10H2,1-3H3,(H,14,16). The van der Waals surface area contributed by atoms with Crippen molar-refractivity contribution in [3.8, 4) is 0 Å². The summed E-state index contributed by atoms with van der Waals surface area (Å²) in [5, 5.41) is 6.30. The molecule has 0 unspecified atom stereocenters. The Bertz CT molecular complexity index is 217. The number of nitrogens with zero attached hydrogens (tertiary/aromatic N) is 1. The first-order valence-electron chi connectivity index (χ1n) is 6.17. The summed E-state index contributed by atoms with van der Waals surface area (Å²) in [5.74, 6) is 0.169. The smallest absolute Gasteiger partial charge is 0.220 e. The van der Waals surface area contributed by atoms with Gasteiger partial charge in [0.1, 0.15) is 0 Å². The third-order valence-electron chi connectivity index (χ3n) is 2.65. The van der Waals surface area contributed by atoms with Gasteiger partial charge in [-0.25, -0.2) is 0 Å². The Balaban J connectivity index is 2.08. The van der Waals surface area contributed by atoms with Gasteiger partial charge in [0.15, 0.2) is 0 Å². The summed E-state index contributed by atoms with van der Waals surface area (Å²) in [5.41, 5.74) is 0.0825. The molecule has 1 rings (SSSR count). The van der Waals surface area contributed by atoms with Crippen LogP contribution in [0, 0.1) is 5.41 Å². The molecule has 2 N–H and O–H groups in total. The van der Waals surface area contributed by atoms with E-state index < -0.39 is 0 Å². The van der Waals surface area contributed by atoms with Gasteiger partial charge in [-0.3, -0.25) is 9.69 Å². The van der Waals surface area contributed by atoms with Crippen LogP contribution < -0.4 is 10.6 Å². The van der Waals surface area contributed by atoms with Gasteiger partial charge in [0.2, 0.25) is 5.91 Å². The molecule has 0 aromatic rings. The molecule has 0 aliphatic carbocycles. The van der Waals surface area contributed by atoms with Crippen molar-refractivity contribution in [1.82, 2.24) is 15.5 Å². The van der Waals surface area contributed by atoms with E-state index in [9.17, 15) is 4.79 Å². The molecule has 1 saturated heterocycles. The lowest BCUT2D eigenvalue weighted by Gasteiger charge is -2.27. The molecule has 4 nitrogen and oxygen atoms in total. The third-order valence-corrected chi connectivity index (χ3v) is 2.65. The Hall–Kier alpha value is -0.610. The number of amides is 1. The molecule has 0 saturated carbocycles. The molecule has 0 atom stereocenters. The van der Waals surface area contributed by atoms with Gasteiger partial charge in [-0.1, -0.05) is 20.8 Å². The predicted octanol–water partition coefficient (Wildman–Crippen LogP) is 0.444. The number of carbonyl (C=O) groups excluding carboxylic acids is 1. The molecule has 1 aliphatic heterocycles. The Morgan fingerprint density at radius 3 is 2.50 bits per heavy atom. The van der Waals surface area contributed by atoms with Crippen LogP contribution in [-0.4, -0.2) is 50.1 Å². The lowest BCUT2D eigenvalue weighted by atomic mass is 9.92. The number of rotatable bonds is 4. The van der Waals surface area contributed by atoms with Crippen molar-refractivity contribution >= 4 is 5.91 Å². The van der Waals surface area contributed by atoms with E-state index in [2.05, 4.69) is 36.3 Å². The number of hydrogen-bond acceptors (Lipinski definition) is 3. The zero-order chi connectivity index (χ0) is 12.0. The fourth-order valence-electron chi connectivity index (χ4n) is 1.83. The van der Waals surface area contributed by atoms with E-state index in [-0.39, 0.29) is 11.3 Å². The lowest BCUT2D eigenvalue weighted by Crippen LogP contribution is -2.46. The molecular formula is C12H25N3O. The minimum absolute atomic E-state index is 0.0825. The van der Waals surface area contributed by atoms with Crippen molar-refractivity contribution in [2.24, 2.45) is 5.41 Å². The minimum Gasteiger partial charge on any atom is -0.355 e. The zero-order valence-electron chi connectivity index (χ0n) is 10.8. The van der Waals surface area contributed by atoms with Gasteiger partial charge in [-0.15, -0.1) is 0 Å². The Labute approximate surface area is 98.8 Å². The summed E-state index contributed by atoms with van der Waals surface area (Å²) in [6.45, 7) is 12.3. The second kappa shape index (κ2) is 6.21. The molecule has 4 heteroatoms. The van der Waals surface area contributed by atoms with E-state index >= 15 is 0 Å². The Kier molecular flexibility index (Phi) is 5.22. The maximum atomic E-state index is 11.6. The summed E-state index contributed by atoms with van der Waals surface area (Å²) >= 11 is 0. The Morgan fingerprint density at radius 2 is 1.94 bits per heavy atom. The molecule has 1 aliphatic rings. The van der Waals surface area contributed by atoms with E-state index in [0.717, 1.165) is 39.3 Å². The van der Waals surface area contributed by atoms with Gasteiger partial charge in [0.05, 0.1) is 0 Å². The summed E-state index contributed by atoms with van der Waals surface area (Å²) in [7, 11) is 0. The summed E-state index contributed by atoms with van der Waals surface area (Å²) in [6, 6.07) is 0. The number of hydrogen-bond donors (Lipinski definition) is 2. The lowest BCUT2D eigenvalue weighted by molar-refractivity contribution is -0.122. The van der Waals surface area contributed by atoms with E-state index in [1.54, 1.807) is 0 Å². The summed E-state index contributed by atoms with van der Waals surface area (Å²) in [6.07, 6.45) is 0.606. The topological polar surface area (TPSA) is 44.4 Å². The quantitative estimate of drug-likeness (QED) is 0.733. The SMILES string of the molecule is CC(C)(C)CC(=O)NCCN1CCNCC1. The average Bonchev–Trinajstić information content (AvgIpc) is 2.16. The van der Waals surface area contributed by atoms with Crippen LogP contribution in [0.25, 0.3) is 0 Å². The molecule has 94 valence electrons. The highest BCUT2D eigenvalue weighted by Crippen LogP contribution is 2.17. The van der Waals surface area contributed by atoms with Crippen molar-refractivity contribution in [3.63, 3.8) is 0 Å². The predicted molar refractivity (Wildman–Crippen MR) is 66.4 cm³/mol. The highest BCUT2D eigenvalue weighted by Gasteiger charge is 2.15. The van der Waals surface area contributed by atoms with Gasteiger partial charge in [0, 0.05) is 45.7 Å². The van der Waals surface area contributed by atoms with E-state index in [1.807, 2.05) is 0 Å². The van der Waals surface area contributed by atoms with Crippen LogP contribution in [0.5, 0.6) is 0 Å². The first-order chi connectivity index (χ1) is 7.47. The monoisotopic (exact) mass is 227 g/mol. The van der Waals surface area contributed by atoms with Gasteiger partial charge in [-0.2, -0.15) is 0 Å². The van der Waals surface area contributed by atoms with Gasteiger partial charge < -0.3 is 10.6 Å². The van der Waals surface area contributed by atoms with E-state index in [0.29, 0.717) is 6.42 Å². The summed E-state index contributed by atoms with van der Waals surface area (Å²) < 4.78 is 0. The number of nitrogens with one attached hydrogen (secondary N) is 2. The highest BCUT2D eigenvalue weighted by molar-refractivity contribution is 5.76. The molecule has 1 amide bonds. The largest absolute Gasteiger partial charge is 0.355 e. The number of piperazine rings is 1. The van der Waals surface area contributed by atoms with Gasteiger partial charge >= 0.3 is 0 Å². The molecule has 1 heterocycles. The molecule has 16 heavy (non-hydrogen) atoms. The van der Waals surface area contributed by atoms with Crippen LogP contribution in [-0.2, 0) is 4.79 Å². The van der Waals surface area contributed by atoms with Crippen LogP contribution in [0.3, 0.4) is 0 Å². The first kappa shape index (κ1) is 13.5. The molecule has 0 aromatic carbocycles. The normalized spacial score (nSPS) is 18.4. The molecule has 0 aromatic heterocycles. The zero-order valence-corrected chi connectivity index (χ0v) is 10.8. The fraction of sp³-hybridized carbons (Fsp3) is 0.917. The number of carbonyl (C=O) groups is 1. The van der Waals surface area contributed by atoms with Gasteiger partial charge in [-0.05, 0) is 5.41 Å². The van der Waals surface area contributed by atoms with Crippen molar-refractivity contribution < 1.29 is 4.79 Å². The second-order valence-electron chi connectivity index (χ2n) is 5.68. The summed E-state index contributed by atoms with van der Waals surface area (Å²) in [4.78, 5) is 13.9. The van der Waals surface area contributed by atoms with Crippen LogP contribution in [0.1, 0.15) is 27.2 Å². The van der Waals surface area contributed by atoms with Crippen molar-refractivity contribution in [2.45, 2.75) is 27.2 Å². The van der Waals surface area contributed by atoms with Crippen LogP contribution in [0.15, 0.2) is 0 Å². The molecule has 1 fully saturated rings. The van der Waals surface area contributed by atoms with Crippen molar-refractivity contribution in [2.75, 3.05) is 39.3 Å². The second-order valence-corrected chi connectivity index (χ2v) is 5.68. The molecular weight excluding hydrogens is 202 g/mol. The van der Waals surface area contributed by atoms with E-state index in [4.69, 9.17) is 0 Å². The first-order valence-corrected chi connectivity index (χ1v) is 6.17. The third kappa shape index (κ3) is 6.08. The average molecular weight is 227 g/mol. The van der Waals surface area contributed by atoms with Crippen LogP contribution in [0.2, 0.25) is 0 Å². The van der Waals surface area contributed by atoms with Crippen molar-refractivity contribution in [3.05, 3.63) is 0 Å².